The summed E-state index contributed by atoms with van der Waals surface area (Å²) in [4.78, 5) is 13.3. The number of hydrogen-bond donors (Lipinski definition) is 2. The van der Waals surface area contributed by atoms with Crippen molar-refractivity contribution < 1.29 is 4.79 Å². The first kappa shape index (κ1) is 12.3. The van der Waals surface area contributed by atoms with Crippen molar-refractivity contribution in [3.05, 3.63) is 0 Å². The zero-order chi connectivity index (χ0) is 10.4. The maximum Gasteiger partial charge on any atom is 0.234 e. The molecule has 0 spiro atoms. The summed E-state index contributed by atoms with van der Waals surface area (Å²) in [5.74, 6) is -0.298. The van der Waals surface area contributed by atoms with E-state index >= 15 is 0 Å². The Hall–Kier alpha value is -0.680. The molecule has 0 saturated heterocycles. The van der Waals surface area contributed by atoms with Crippen molar-refractivity contribution in [2.24, 2.45) is 11.5 Å². The number of thiocarbonyl (C=S) groups is 1. The van der Waals surface area contributed by atoms with Crippen molar-refractivity contribution in [1.82, 2.24) is 4.90 Å². The molecule has 0 aromatic rings. The number of likely N-dealkylation sites (N-methyl/N-ethyl adjacent to an activating group) is 1. The number of hydrogen-bond acceptors (Lipinski definition) is 3. The van der Waals surface area contributed by atoms with Gasteiger partial charge in [0.15, 0.2) is 0 Å². The van der Waals surface area contributed by atoms with E-state index in [9.17, 15) is 4.79 Å². The summed E-state index contributed by atoms with van der Waals surface area (Å²) in [7, 11) is 1.84. The highest BCUT2D eigenvalue weighted by Crippen LogP contribution is 2.01. The van der Waals surface area contributed by atoms with E-state index in [1.54, 1.807) is 0 Å². The molecule has 0 heterocycles. The van der Waals surface area contributed by atoms with Crippen LogP contribution in [0, 0.1) is 0 Å². The molecule has 0 rings (SSSR count). The molecule has 4 N–H and O–H groups in total. The van der Waals surface area contributed by atoms with Gasteiger partial charge in [-0.15, -0.1) is 0 Å². The van der Waals surface area contributed by atoms with Gasteiger partial charge in [0.05, 0.1) is 11.0 Å². The molecule has 0 fully saturated rings. The SMILES string of the molecule is CCC(C(N)=O)N(C)CCC(N)=S. The van der Waals surface area contributed by atoms with Gasteiger partial charge in [-0.25, -0.2) is 0 Å². The van der Waals surface area contributed by atoms with Gasteiger partial charge in [0, 0.05) is 13.0 Å². The second-order valence-corrected chi connectivity index (χ2v) is 3.55. The molecule has 76 valence electrons. The van der Waals surface area contributed by atoms with Gasteiger partial charge in [-0.2, -0.15) is 0 Å². The Bertz CT molecular complexity index is 196. The summed E-state index contributed by atoms with van der Waals surface area (Å²) >= 11 is 4.74. The van der Waals surface area contributed by atoms with Gasteiger partial charge in [-0.3, -0.25) is 9.69 Å². The van der Waals surface area contributed by atoms with Crippen LogP contribution in [-0.2, 0) is 4.79 Å². The zero-order valence-corrected chi connectivity index (χ0v) is 8.93. The second kappa shape index (κ2) is 5.88. The molecule has 13 heavy (non-hydrogen) atoms. The fraction of sp³-hybridized carbons (Fsp3) is 0.750. The third-order valence-electron chi connectivity index (χ3n) is 1.96. The standard InChI is InChI=1S/C8H17N3OS/c1-3-6(8(10)12)11(2)5-4-7(9)13/h6H,3-5H2,1-2H3,(H2,9,13)(H2,10,12). The lowest BCUT2D eigenvalue weighted by molar-refractivity contribution is -0.122. The molecule has 0 saturated carbocycles. The second-order valence-electron chi connectivity index (χ2n) is 3.02. The lowest BCUT2D eigenvalue weighted by atomic mass is 10.2. The average molecular weight is 203 g/mol. The fourth-order valence-electron chi connectivity index (χ4n) is 1.17. The van der Waals surface area contributed by atoms with Crippen molar-refractivity contribution in [3.63, 3.8) is 0 Å². The van der Waals surface area contributed by atoms with Crippen molar-refractivity contribution in [2.75, 3.05) is 13.6 Å². The average Bonchev–Trinajstić information content (AvgIpc) is 2.01. The van der Waals surface area contributed by atoms with E-state index in [1.165, 1.54) is 0 Å². The van der Waals surface area contributed by atoms with E-state index in [2.05, 4.69) is 0 Å². The highest BCUT2D eigenvalue weighted by atomic mass is 32.1. The lowest BCUT2D eigenvalue weighted by Crippen LogP contribution is -2.43. The van der Waals surface area contributed by atoms with Crippen LogP contribution in [0.3, 0.4) is 0 Å². The normalized spacial score (nSPS) is 12.8. The van der Waals surface area contributed by atoms with E-state index in [-0.39, 0.29) is 11.9 Å². The van der Waals surface area contributed by atoms with E-state index < -0.39 is 0 Å². The van der Waals surface area contributed by atoms with Crippen LogP contribution in [0.15, 0.2) is 0 Å². The summed E-state index contributed by atoms with van der Waals surface area (Å²) in [5, 5.41) is 0. The molecule has 0 aliphatic carbocycles. The van der Waals surface area contributed by atoms with Gasteiger partial charge in [-0.1, -0.05) is 19.1 Å². The maximum atomic E-state index is 10.9. The Kier molecular flexibility index (Phi) is 5.57. The van der Waals surface area contributed by atoms with E-state index in [0.717, 1.165) is 0 Å². The quantitative estimate of drug-likeness (QED) is 0.589. The molecule has 1 atom stereocenters. The third-order valence-corrected chi connectivity index (χ3v) is 2.16. The summed E-state index contributed by atoms with van der Waals surface area (Å²) in [6.45, 7) is 2.60. The number of carbonyl (C=O) groups is 1. The molecule has 1 amide bonds. The van der Waals surface area contributed by atoms with Crippen molar-refractivity contribution in [3.8, 4) is 0 Å². The summed E-state index contributed by atoms with van der Waals surface area (Å²) in [5.41, 5.74) is 10.6. The highest BCUT2D eigenvalue weighted by Gasteiger charge is 2.17. The largest absolute Gasteiger partial charge is 0.393 e. The molecule has 0 aromatic heterocycles. The summed E-state index contributed by atoms with van der Waals surface area (Å²) < 4.78 is 0. The minimum atomic E-state index is -0.298. The Morgan fingerprint density at radius 1 is 1.54 bits per heavy atom. The van der Waals surface area contributed by atoms with Crippen LogP contribution >= 0.6 is 12.2 Å². The topological polar surface area (TPSA) is 72.4 Å². The van der Waals surface area contributed by atoms with Gasteiger partial charge in [0.25, 0.3) is 0 Å². The molecule has 4 nitrogen and oxygen atoms in total. The molecule has 1 unspecified atom stereocenters. The number of carbonyl (C=O) groups excluding carboxylic acids is 1. The van der Waals surface area contributed by atoms with Gasteiger partial charge < -0.3 is 11.5 Å². The number of primary amides is 1. The van der Waals surface area contributed by atoms with E-state index in [0.29, 0.717) is 24.4 Å². The molecule has 5 heteroatoms. The Morgan fingerprint density at radius 3 is 2.38 bits per heavy atom. The van der Waals surface area contributed by atoms with Crippen LogP contribution in [0.25, 0.3) is 0 Å². The van der Waals surface area contributed by atoms with E-state index in [4.69, 9.17) is 23.7 Å². The van der Waals surface area contributed by atoms with Crippen molar-refractivity contribution >= 4 is 23.1 Å². The monoisotopic (exact) mass is 203 g/mol. The molecule has 0 aliphatic rings. The lowest BCUT2D eigenvalue weighted by Gasteiger charge is -2.23. The molecule has 0 radical (unpaired) electrons. The van der Waals surface area contributed by atoms with Crippen LogP contribution < -0.4 is 11.5 Å². The van der Waals surface area contributed by atoms with E-state index in [1.807, 2.05) is 18.9 Å². The maximum absolute atomic E-state index is 10.9. The van der Waals surface area contributed by atoms with Crippen molar-refractivity contribution in [2.45, 2.75) is 25.8 Å². The fourth-order valence-corrected chi connectivity index (χ4v) is 1.26. The van der Waals surface area contributed by atoms with Gasteiger partial charge in [0.2, 0.25) is 5.91 Å². The number of amides is 1. The predicted octanol–water partition coefficient (Wildman–Crippen LogP) is -0.142. The Morgan fingerprint density at radius 2 is 2.08 bits per heavy atom. The predicted molar refractivity (Wildman–Crippen MR) is 57.3 cm³/mol. The van der Waals surface area contributed by atoms with Crippen LogP contribution in [0.1, 0.15) is 19.8 Å². The minimum Gasteiger partial charge on any atom is -0.393 e. The smallest absolute Gasteiger partial charge is 0.234 e. The number of nitrogens with two attached hydrogens (primary N) is 2. The van der Waals surface area contributed by atoms with Crippen LogP contribution in [0.5, 0.6) is 0 Å². The third kappa shape index (κ3) is 4.80. The first-order valence-corrected chi connectivity index (χ1v) is 4.67. The Balaban J connectivity index is 3.98. The minimum absolute atomic E-state index is 0.214. The van der Waals surface area contributed by atoms with Crippen LogP contribution in [0.4, 0.5) is 0 Å². The summed E-state index contributed by atoms with van der Waals surface area (Å²) in [6.07, 6.45) is 1.33. The highest BCUT2D eigenvalue weighted by molar-refractivity contribution is 7.80. The van der Waals surface area contributed by atoms with Gasteiger partial charge in [0.1, 0.15) is 0 Å². The molecule has 0 aromatic carbocycles. The van der Waals surface area contributed by atoms with Crippen molar-refractivity contribution in [1.29, 1.82) is 0 Å². The van der Waals surface area contributed by atoms with Gasteiger partial charge in [-0.05, 0) is 13.5 Å². The number of nitrogens with zero attached hydrogens (tertiary/aromatic N) is 1. The molecular weight excluding hydrogens is 186 g/mol. The molecular formula is C8H17N3OS. The number of rotatable bonds is 6. The Labute approximate surface area is 84.3 Å². The first-order valence-electron chi connectivity index (χ1n) is 4.26. The zero-order valence-electron chi connectivity index (χ0n) is 8.12. The van der Waals surface area contributed by atoms with Gasteiger partial charge >= 0.3 is 0 Å². The molecule has 0 bridgehead atoms. The van der Waals surface area contributed by atoms with Crippen LogP contribution in [0.2, 0.25) is 0 Å². The first-order chi connectivity index (χ1) is 5.99. The molecule has 0 aliphatic heterocycles. The summed E-state index contributed by atoms with van der Waals surface area (Å²) in [6, 6.07) is -0.214. The van der Waals surface area contributed by atoms with Crippen LogP contribution in [-0.4, -0.2) is 35.4 Å².